The Balaban J connectivity index is 2.47. The first-order valence-electron chi connectivity index (χ1n) is 6.51. The number of aliphatic carboxylic acids is 1. The molecule has 0 aliphatic heterocycles. The van der Waals surface area contributed by atoms with Crippen molar-refractivity contribution >= 4 is 23.6 Å². The molecule has 0 saturated carbocycles. The van der Waals surface area contributed by atoms with E-state index in [1.54, 1.807) is 38.1 Å². The Hall–Kier alpha value is -2.57. The van der Waals surface area contributed by atoms with Gasteiger partial charge in [0, 0.05) is 11.7 Å². The molecule has 0 aliphatic carbocycles. The lowest BCUT2D eigenvalue weighted by Gasteiger charge is -2.24. The zero-order chi connectivity index (χ0) is 15.8. The molecule has 0 radical (unpaired) electrons. The monoisotopic (exact) mass is 293 g/mol. The summed E-state index contributed by atoms with van der Waals surface area (Å²) in [5, 5.41) is 13.7. The molecule has 1 rings (SSSR count). The maximum atomic E-state index is 11.9. The van der Waals surface area contributed by atoms with Crippen molar-refractivity contribution in [1.82, 2.24) is 10.2 Å². The van der Waals surface area contributed by atoms with Crippen molar-refractivity contribution in [3.05, 3.63) is 30.3 Å². The summed E-state index contributed by atoms with van der Waals surface area (Å²) in [5.74, 6) is -1.54. The van der Waals surface area contributed by atoms with Crippen molar-refractivity contribution in [3.63, 3.8) is 0 Å². The van der Waals surface area contributed by atoms with Crippen molar-refractivity contribution in [3.8, 4) is 0 Å². The molecule has 21 heavy (non-hydrogen) atoms. The van der Waals surface area contributed by atoms with Crippen LogP contribution in [0.4, 0.5) is 10.5 Å². The fourth-order valence-electron chi connectivity index (χ4n) is 1.66. The smallest absolute Gasteiger partial charge is 0.323 e. The number of nitrogens with zero attached hydrogens (tertiary/aromatic N) is 1. The summed E-state index contributed by atoms with van der Waals surface area (Å²) in [6, 6.07) is 8.01. The third-order valence-corrected chi connectivity index (χ3v) is 2.68. The summed E-state index contributed by atoms with van der Waals surface area (Å²) in [5.41, 5.74) is 0.605. The molecular weight excluding hydrogens is 274 g/mol. The number of urea groups is 1. The predicted octanol–water partition coefficient (Wildman–Crippen LogP) is 1.13. The van der Waals surface area contributed by atoms with Gasteiger partial charge in [0.1, 0.15) is 6.54 Å². The molecule has 1 aromatic rings. The van der Waals surface area contributed by atoms with Crippen LogP contribution in [0.15, 0.2) is 30.3 Å². The summed E-state index contributed by atoms with van der Waals surface area (Å²) in [7, 11) is 0. The highest BCUT2D eigenvalue weighted by Gasteiger charge is 2.20. The Morgan fingerprint density at radius 1 is 1.19 bits per heavy atom. The van der Waals surface area contributed by atoms with Gasteiger partial charge in [0.2, 0.25) is 5.91 Å². The zero-order valence-electron chi connectivity index (χ0n) is 12.0. The highest BCUT2D eigenvalue weighted by Crippen LogP contribution is 2.04. The van der Waals surface area contributed by atoms with E-state index in [0.717, 1.165) is 0 Å². The zero-order valence-corrected chi connectivity index (χ0v) is 12.0. The molecule has 0 aromatic heterocycles. The van der Waals surface area contributed by atoms with Gasteiger partial charge in [0.25, 0.3) is 0 Å². The lowest BCUT2D eigenvalue weighted by Crippen LogP contribution is -2.46. The van der Waals surface area contributed by atoms with E-state index in [2.05, 4.69) is 10.6 Å². The van der Waals surface area contributed by atoms with E-state index in [1.165, 1.54) is 4.90 Å². The number of rotatable bonds is 6. The van der Waals surface area contributed by atoms with E-state index in [9.17, 15) is 14.4 Å². The van der Waals surface area contributed by atoms with Gasteiger partial charge in [0.05, 0.1) is 6.54 Å². The van der Waals surface area contributed by atoms with Crippen LogP contribution in [0.1, 0.15) is 13.8 Å². The summed E-state index contributed by atoms with van der Waals surface area (Å²) in [6.45, 7) is 2.78. The van der Waals surface area contributed by atoms with Crippen molar-refractivity contribution in [2.45, 2.75) is 19.9 Å². The van der Waals surface area contributed by atoms with Crippen LogP contribution >= 0.6 is 0 Å². The normalized spacial score (nSPS) is 10.0. The molecule has 0 unspecified atom stereocenters. The first-order valence-corrected chi connectivity index (χ1v) is 6.51. The lowest BCUT2D eigenvalue weighted by atomic mass is 10.3. The lowest BCUT2D eigenvalue weighted by molar-refractivity contribution is -0.145. The molecule has 0 heterocycles. The number of benzene rings is 1. The number of hydrogen-bond donors (Lipinski definition) is 3. The highest BCUT2D eigenvalue weighted by atomic mass is 16.4. The van der Waals surface area contributed by atoms with Crippen molar-refractivity contribution < 1.29 is 19.5 Å². The molecule has 0 spiro atoms. The number of anilines is 1. The van der Waals surface area contributed by atoms with Crippen molar-refractivity contribution in [1.29, 1.82) is 0 Å². The number of amides is 3. The molecule has 0 bridgehead atoms. The van der Waals surface area contributed by atoms with Gasteiger partial charge in [-0.15, -0.1) is 0 Å². The SMILES string of the molecule is CC(C)N(CC(=O)O)C(=O)CNC(=O)Nc1ccccc1. The molecule has 3 amide bonds. The summed E-state index contributed by atoms with van der Waals surface area (Å²) in [4.78, 5) is 35.4. The van der Waals surface area contributed by atoms with E-state index in [-0.39, 0.29) is 12.6 Å². The standard InChI is InChI=1S/C14H19N3O4/c1-10(2)17(9-13(19)20)12(18)8-15-14(21)16-11-6-4-3-5-7-11/h3-7,10H,8-9H2,1-2H3,(H,19,20)(H2,15,16,21). The molecule has 0 saturated heterocycles. The summed E-state index contributed by atoms with van der Waals surface area (Å²) in [6.07, 6.45) is 0. The maximum Gasteiger partial charge on any atom is 0.323 e. The second-order valence-electron chi connectivity index (χ2n) is 4.68. The number of carboxylic acid groups (broad SMARTS) is 1. The number of hydrogen-bond acceptors (Lipinski definition) is 3. The van der Waals surface area contributed by atoms with E-state index in [0.29, 0.717) is 5.69 Å². The first-order chi connectivity index (χ1) is 9.90. The van der Waals surface area contributed by atoms with Gasteiger partial charge >= 0.3 is 12.0 Å². The van der Waals surface area contributed by atoms with E-state index in [1.807, 2.05) is 6.07 Å². The van der Waals surface area contributed by atoms with Crippen molar-refractivity contribution in [2.24, 2.45) is 0 Å². The van der Waals surface area contributed by atoms with Gasteiger partial charge in [-0.1, -0.05) is 18.2 Å². The van der Waals surface area contributed by atoms with Gasteiger partial charge in [-0.2, -0.15) is 0 Å². The molecule has 114 valence electrons. The van der Waals surface area contributed by atoms with Crippen molar-refractivity contribution in [2.75, 3.05) is 18.4 Å². The predicted molar refractivity (Wildman–Crippen MR) is 77.9 cm³/mol. The fraction of sp³-hybridized carbons (Fsp3) is 0.357. The Morgan fingerprint density at radius 3 is 2.33 bits per heavy atom. The van der Waals surface area contributed by atoms with E-state index < -0.39 is 24.5 Å². The van der Waals surface area contributed by atoms with Crippen LogP contribution in [-0.2, 0) is 9.59 Å². The van der Waals surface area contributed by atoms with Crippen LogP contribution in [0.5, 0.6) is 0 Å². The third-order valence-electron chi connectivity index (χ3n) is 2.68. The molecular formula is C14H19N3O4. The molecule has 0 fully saturated rings. The molecule has 3 N–H and O–H groups in total. The average molecular weight is 293 g/mol. The number of carboxylic acids is 1. The van der Waals surface area contributed by atoms with Crippen LogP contribution in [0.2, 0.25) is 0 Å². The summed E-state index contributed by atoms with van der Waals surface area (Å²) < 4.78 is 0. The average Bonchev–Trinajstić information content (AvgIpc) is 2.43. The van der Waals surface area contributed by atoms with Crippen LogP contribution in [-0.4, -0.2) is 47.0 Å². The molecule has 7 heteroatoms. The maximum absolute atomic E-state index is 11.9. The van der Waals surface area contributed by atoms with Crippen LogP contribution < -0.4 is 10.6 Å². The topological polar surface area (TPSA) is 98.7 Å². The molecule has 1 aromatic carbocycles. The van der Waals surface area contributed by atoms with Gasteiger partial charge in [0.15, 0.2) is 0 Å². The number of nitrogens with one attached hydrogen (secondary N) is 2. The number of carbonyl (C=O) groups excluding carboxylic acids is 2. The molecule has 0 atom stereocenters. The first kappa shape index (κ1) is 16.5. The Morgan fingerprint density at radius 2 is 1.81 bits per heavy atom. The van der Waals surface area contributed by atoms with Gasteiger partial charge in [-0.3, -0.25) is 9.59 Å². The third kappa shape index (κ3) is 5.94. The van der Waals surface area contributed by atoms with E-state index in [4.69, 9.17) is 5.11 Å². The van der Waals surface area contributed by atoms with Crippen LogP contribution in [0.3, 0.4) is 0 Å². The van der Waals surface area contributed by atoms with Gasteiger partial charge < -0.3 is 20.6 Å². The second-order valence-corrected chi connectivity index (χ2v) is 4.68. The Kier molecular flexibility index (Phi) is 6.19. The fourth-order valence-corrected chi connectivity index (χ4v) is 1.66. The highest BCUT2D eigenvalue weighted by molar-refractivity contribution is 5.92. The van der Waals surface area contributed by atoms with E-state index >= 15 is 0 Å². The second kappa shape index (κ2) is 7.88. The Bertz CT molecular complexity index is 502. The number of para-hydroxylation sites is 1. The molecule has 0 aliphatic rings. The van der Waals surface area contributed by atoms with Gasteiger partial charge in [-0.05, 0) is 26.0 Å². The Labute approximate surface area is 122 Å². The summed E-state index contributed by atoms with van der Waals surface area (Å²) >= 11 is 0. The molecule has 7 nitrogen and oxygen atoms in total. The minimum Gasteiger partial charge on any atom is -0.480 e. The quantitative estimate of drug-likeness (QED) is 0.732. The minimum absolute atomic E-state index is 0.257. The van der Waals surface area contributed by atoms with Gasteiger partial charge in [-0.25, -0.2) is 4.79 Å². The largest absolute Gasteiger partial charge is 0.480 e. The minimum atomic E-state index is -1.09. The van der Waals surface area contributed by atoms with Crippen LogP contribution in [0.25, 0.3) is 0 Å². The number of carbonyl (C=O) groups is 3. The van der Waals surface area contributed by atoms with Crippen LogP contribution in [0, 0.1) is 0 Å².